The van der Waals surface area contributed by atoms with E-state index in [4.69, 9.17) is 0 Å². The van der Waals surface area contributed by atoms with Crippen molar-refractivity contribution in [2.45, 2.75) is 23.5 Å². The molecule has 0 saturated carbocycles. The van der Waals surface area contributed by atoms with Crippen LogP contribution in [0.4, 0.5) is 13.2 Å². The van der Waals surface area contributed by atoms with E-state index >= 15 is 0 Å². The van der Waals surface area contributed by atoms with Crippen LogP contribution in [0, 0.1) is 0 Å². The molecular formula is C20H15F3N4O3S2. The van der Waals surface area contributed by atoms with Crippen LogP contribution in [-0.4, -0.2) is 27.8 Å². The molecule has 0 aromatic carbocycles. The summed E-state index contributed by atoms with van der Waals surface area (Å²) in [7, 11) is -4.01. The molecule has 0 N–H and O–H groups in total. The Morgan fingerprint density at radius 2 is 1.56 bits per heavy atom. The van der Waals surface area contributed by atoms with Gasteiger partial charge in [-0.25, -0.2) is 8.42 Å². The van der Waals surface area contributed by atoms with Gasteiger partial charge in [-0.2, -0.15) is 17.5 Å². The summed E-state index contributed by atoms with van der Waals surface area (Å²) in [6.45, 7) is -0.00960. The Labute approximate surface area is 185 Å². The van der Waals surface area contributed by atoms with E-state index in [2.05, 4.69) is 19.6 Å². The Bertz CT molecular complexity index is 1250. The minimum absolute atomic E-state index is 0.00480. The van der Waals surface area contributed by atoms with Crippen molar-refractivity contribution in [2.24, 2.45) is 0 Å². The fourth-order valence-corrected chi connectivity index (χ4v) is 5.61. The molecule has 0 aliphatic rings. The van der Waals surface area contributed by atoms with Gasteiger partial charge in [0.15, 0.2) is 0 Å². The molecule has 12 heteroatoms. The Morgan fingerprint density at radius 1 is 0.938 bits per heavy atom. The molecule has 0 radical (unpaired) electrons. The first-order valence-electron chi connectivity index (χ1n) is 9.17. The SMILES string of the molecule is O=S(=O)(c1ccc(-c2cc(C(F)(F)F)on2)s1)N(Cc1ccccn1)Cc1ccccn1. The number of hydrogen-bond donors (Lipinski definition) is 0. The van der Waals surface area contributed by atoms with Crippen LogP contribution in [0.15, 0.2) is 75.7 Å². The molecule has 0 bridgehead atoms. The van der Waals surface area contributed by atoms with Gasteiger partial charge in [-0.1, -0.05) is 17.3 Å². The molecule has 32 heavy (non-hydrogen) atoms. The molecule has 7 nitrogen and oxygen atoms in total. The van der Waals surface area contributed by atoms with Gasteiger partial charge in [0.25, 0.3) is 10.0 Å². The predicted molar refractivity (Wildman–Crippen MR) is 110 cm³/mol. The van der Waals surface area contributed by atoms with E-state index in [9.17, 15) is 21.6 Å². The number of thiophene rings is 1. The van der Waals surface area contributed by atoms with Crippen molar-refractivity contribution in [2.75, 3.05) is 0 Å². The lowest BCUT2D eigenvalue weighted by molar-refractivity contribution is -0.155. The first kappa shape index (κ1) is 22.1. The van der Waals surface area contributed by atoms with Crippen LogP contribution in [0.25, 0.3) is 10.6 Å². The first-order valence-corrected chi connectivity index (χ1v) is 11.4. The van der Waals surface area contributed by atoms with Gasteiger partial charge < -0.3 is 4.52 Å². The van der Waals surface area contributed by atoms with Crippen molar-refractivity contribution >= 4 is 21.4 Å². The van der Waals surface area contributed by atoms with Gasteiger partial charge in [-0.3, -0.25) is 9.97 Å². The van der Waals surface area contributed by atoms with Crippen molar-refractivity contribution in [1.29, 1.82) is 0 Å². The Morgan fingerprint density at radius 3 is 2.06 bits per heavy atom. The molecule has 0 aliphatic heterocycles. The molecule has 0 atom stereocenters. The van der Waals surface area contributed by atoms with Crippen molar-refractivity contribution in [1.82, 2.24) is 19.4 Å². The number of sulfonamides is 1. The van der Waals surface area contributed by atoms with Crippen molar-refractivity contribution in [3.05, 3.63) is 84.1 Å². The van der Waals surface area contributed by atoms with E-state index in [1.165, 1.54) is 16.4 Å². The summed E-state index contributed by atoms with van der Waals surface area (Å²) in [6, 6.07) is 13.8. The van der Waals surface area contributed by atoms with Crippen LogP contribution >= 0.6 is 11.3 Å². The van der Waals surface area contributed by atoms with Crippen molar-refractivity contribution in [3.8, 4) is 10.6 Å². The second-order valence-corrected chi connectivity index (χ2v) is 9.86. The Kier molecular flexibility index (Phi) is 6.09. The number of halogens is 3. The van der Waals surface area contributed by atoms with Crippen LogP contribution in [0.2, 0.25) is 0 Å². The maximum absolute atomic E-state index is 13.4. The number of alkyl halides is 3. The Hall–Kier alpha value is -3.09. The van der Waals surface area contributed by atoms with Gasteiger partial charge in [-0.05, 0) is 36.4 Å². The summed E-state index contributed by atoms with van der Waals surface area (Å²) in [4.78, 5) is 8.62. The van der Waals surface area contributed by atoms with Gasteiger partial charge in [0.1, 0.15) is 9.90 Å². The largest absolute Gasteiger partial charge is 0.452 e. The van der Waals surface area contributed by atoms with E-state index in [0.717, 1.165) is 17.4 Å². The lowest BCUT2D eigenvalue weighted by atomic mass is 10.3. The maximum Gasteiger partial charge on any atom is 0.452 e. The third-order valence-electron chi connectivity index (χ3n) is 4.35. The highest BCUT2D eigenvalue weighted by Crippen LogP contribution is 2.36. The van der Waals surface area contributed by atoms with E-state index in [1.807, 2.05) is 0 Å². The fraction of sp³-hybridized carbons (Fsp3) is 0.150. The second-order valence-electron chi connectivity index (χ2n) is 6.61. The minimum atomic E-state index is -4.68. The zero-order valence-corrected chi connectivity index (χ0v) is 17.9. The molecule has 0 amide bonds. The van der Waals surface area contributed by atoms with Crippen molar-refractivity contribution < 1.29 is 26.1 Å². The molecular weight excluding hydrogens is 465 g/mol. The van der Waals surface area contributed by atoms with Crippen LogP contribution in [0.1, 0.15) is 17.1 Å². The summed E-state index contributed by atoms with van der Waals surface area (Å²) >= 11 is 0.806. The number of nitrogens with zero attached hydrogens (tertiary/aromatic N) is 4. The highest BCUT2D eigenvalue weighted by Gasteiger charge is 2.36. The standard InChI is InChI=1S/C20H15F3N4O3S2/c21-20(22,23)18-11-16(26-30-18)17-7-8-19(31-17)32(28,29)27(12-14-5-1-3-9-24-14)13-15-6-2-4-10-25-15/h1-11H,12-13H2. The maximum atomic E-state index is 13.4. The zero-order chi connectivity index (χ0) is 22.8. The average molecular weight is 480 g/mol. The molecule has 4 aromatic rings. The lowest BCUT2D eigenvalue weighted by Crippen LogP contribution is -2.30. The normalized spacial score (nSPS) is 12.4. The van der Waals surface area contributed by atoms with E-state index in [0.29, 0.717) is 11.4 Å². The van der Waals surface area contributed by atoms with Gasteiger partial charge in [0.2, 0.25) is 5.76 Å². The first-order chi connectivity index (χ1) is 15.2. The summed E-state index contributed by atoms with van der Waals surface area (Å²) in [6.07, 6.45) is -1.56. The van der Waals surface area contributed by atoms with E-state index < -0.39 is 22.0 Å². The molecule has 0 fully saturated rings. The lowest BCUT2D eigenvalue weighted by Gasteiger charge is -2.20. The van der Waals surface area contributed by atoms with Gasteiger partial charge >= 0.3 is 6.18 Å². The summed E-state index contributed by atoms with van der Waals surface area (Å²) in [5.41, 5.74) is 0.981. The van der Waals surface area contributed by atoms with Crippen LogP contribution in [0.3, 0.4) is 0 Å². The molecule has 166 valence electrons. The number of aromatic nitrogens is 3. The zero-order valence-electron chi connectivity index (χ0n) is 16.2. The third-order valence-corrected chi connectivity index (χ3v) is 7.71. The minimum Gasteiger partial charge on any atom is -0.351 e. The summed E-state index contributed by atoms with van der Waals surface area (Å²) in [5.74, 6) is -1.25. The average Bonchev–Trinajstić information content (AvgIpc) is 3.45. The number of pyridine rings is 2. The molecule has 0 aliphatic carbocycles. The van der Waals surface area contributed by atoms with Gasteiger partial charge in [0, 0.05) is 18.5 Å². The number of hydrogen-bond acceptors (Lipinski definition) is 7. The highest BCUT2D eigenvalue weighted by molar-refractivity contribution is 7.91. The van der Waals surface area contributed by atoms with Crippen LogP contribution in [0.5, 0.6) is 0 Å². The van der Waals surface area contributed by atoms with Crippen LogP contribution < -0.4 is 0 Å². The van der Waals surface area contributed by atoms with E-state index in [1.54, 1.807) is 48.8 Å². The smallest absolute Gasteiger partial charge is 0.351 e. The Balaban J connectivity index is 1.65. The molecule has 4 aromatic heterocycles. The second kappa shape index (κ2) is 8.81. The van der Waals surface area contributed by atoms with E-state index in [-0.39, 0.29) is 27.9 Å². The quantitative estimate of drug-likeness (QED) is 0.384. The summed E-state index contributed by atoms with van der Waals surface area (Å²) in [5, 5.41) is 3.42. The monoisotopic (exact) mass is 480 g/mol. The molecule has 0 spiro atoms. The number of rotatable bonds is 7. The molecule has 0 saturated heterocycles. The fourth-order valence-electron chi connectivity index (χ4n) is 2.82. The molecule has 4 heterocycles. The molecule has 0 unspecified atom stereocenters. The van der Waals surface area contributed by atoms with Gasteiger partial charge in [-0.15, -0.1) is 11.3 Å². The highest BCUT2D eigenvalue weighted by atomic mass is 32.2. The predicted octanol–water partition coefficient (Wildman–Crippen LogP) is 4.60. The van der Waals surface area contributed by atoms with Crippen molar-refractivity contribution in [3.63, 3.8) is 0 Å². The van der Waals surface area contributed by atoms with Gasteiger partial charge in [0.05, 0.1) is 29.4 Å². The third kappa shape index (κ3) is 4.87. The summed E-state index contributed by atoms with van der Waals surface area (Å²) < 4.78 is 70.7. The topological polar surface area (TPSA) is 89.2 Å². The van der Waals surface area contributed by atoms with Crippen LogP contribution in [-0.2, 0) is 29.3 Å². The molecule has 4 rings (SSSR count).